The topological polar surface area (TPSA) is 61.5 Å². The van der Waals surface area contributed by atoms with Crippen LogP contribution in [0.3, 0.4) is 0 Å². The molecule has 0 saturated carbocycles. The average Bonchev–Trinajstić information content (AvgIpc) is 2.55. The van der Waals surface area contributed by atoms with Gasteiger partial charge in [-0.15, -0.1) is 0 Å². The average molecular weight is 299 g/mol. The number of hydrogen-bond acceptors (Lipinski definition) is 4. The van der Waals surface area contributed by atoms with Gasteiger partial charge in [-0.3, -0.25) is 4.79 Å². The van der Waals surface area contributed by atoms with Crippen molar-refractivity contribution in [2.24, 2.45) is 5.73 Å². The van der Waals surface area contributed by atoms with E-state index < -0.39 is 6.04 Å². The number of esters is 1. The van der Waals surface area contributed by atoms with Gasteiger partial charge in [-0.2, -0.15) is 0 Å². The molecule has 0 fully saturated rings. The van der Waals surface area contributed by atoms with Gasteiger partial charge in [0.1, 0.15) is 5.75 Å². The molecule has 2 N–H and O–H groups in total. The number of ether oxygens (including phenoxy) is 2. The Kier molecular flexibility index (Phi) is 5.55. The van der Waals surface area contributed by atoms with Crippen molar-refractivity contribution >= 4 is 5.97 Å². The molecule has 0 aliphatic carbocycles. The van der Waals surface area contributed by atoms with Gasteiger partial charge in [0.15, 0.2) is 0 Å². The van der Waals surface area contributed by atoms with Crippen LogP contribution in [0.5, 0.6) is 5.75 Å². The lowest BCUT2D eigenvalue weighted by Gasteiger charge is -2.15. The van der Waals surface area contributed by atoms with Crippen LogP contribution in [-0.4, -0.2) is 19.7 Å². The van der Waals surface area contributed by atoms with E-state index in [0.29, 0.717) is 6.61 Å². The van der Waals surface area contributed by atoms with E-state index in [0.717, 1.165) is 22.4 Å². The van der Waals surface area contributed by atoms with Crippen LogP contribution in [0.1, 0.15) is 24.9 Å². The van der Waals surface area contributed by atoms with Crippen LogP contribution in [0.2, 0.25) is 0 Å². The van der Waals surface area contributed by atoms with Crippen molar-refractivity contribution in [3.8, 4) is 16.9 Å². The smallest absolute Gasteiger partial charge is 0.307 e. The monoisotopic (exact) mass is 299 g/mol. The lowest BCUT2D eigenvalue weighted by atomic mass is 9.98. The molecule has 0 aromatic heterocycles. The van der Waals surface area contributed by atoms with Gasteiger partial charge < -0.3 is 15.2 Å². The van der Waals surface area contributed by atoms with Crippen LogP contribution in [0.25, 0.3) is 11.1 Å². The van der Waals surface area contributed by atoms with Crippen LogP contribution < -0.4 is 10.5 Å². The Balaban J connectivity index is 2.30. The first kappa shape index (κ1) is 16.0. The normalized spacial score (nSPS) is 11.8. The maximum atomic E-state index is 11.6. The third-order valence-electron chi connectivity index (χ3n) is 3.39. The quantitative estimate of drug-likeness (QED) is 0.831. The summed E-state index contributed by atoms with van der Waals surface area (Å²) in [6, 6.07) is 15.4. The molecule has 0 radical (unpaired) electrons. The zero-order valence-electron chi connectivity index (χ0n) is 12.9. The second-order valence-corrected chi connectivity index (χ2v) is 4.98. The first-order chi connectivity index (χ1) is 10.6. The predicted molar refractivity (Wildman–Crippen MR) is 86.6 cm³/mol. The maximum Gasteiger partial charge on any atom is 0.307 e. The summed E-state index contributed by atoms with van der Waals surface area (Å²) in [5.74, 6) is 0.426. The summed E-state index contributed by atoms with van der Waals surface area (Å²) >= 11 is 0. The predicted octanol–water partition coefficient (Wildman–Crippen LogP) is 3.32. The number of rotatable bonds is 6. The van der Waals surface area contributed by atoms with Gasteiger partial charge in [0.2, 0.25) is 0 Å². The Bertz CT molecular complexity index is 625. The summed E-state index contributed by atoms with van der Waals surface area (Å²) in [5.41, 5.74) is 9.08. The zero-order valence-corrected chi connectivity index (χ0v) is 12.9. The van der Waals surface area contributed by atoms with Gasteiger partial charge >= 0.3 is 5.97 Å². The molecule has 4 heteroatoms. The highest BCUT2D eigenvalue weighted by molar-refractivity contribution is 5.71. The summed E-state index contributed by atoms with van der Waals surface area (Å²) < 4.78 is 10.3. The summed E-state index contributed by atoms with van der Waals surface area (Å²) in [7, 11) is 1.62. The summed E-state index contributed by atoms with van der Waals surface area (Å²) in [4.78, 5) is 11.6. The highest BCUT2D eigenvalue weighted by atomic mass is 16.5. The fourth-order valence-electron chi connectivity index (χ4n) is 2.27. The minimum atomic E-state index is -0.420. The molecule has 0 aliphatic rings. The van der Waals surface area contributed by atoms with Crippen molar-refractivity contribution in [3.05, 3.63) is 54.1 Å². The Morgan fingerprint density at radius 3 is 2.50 bits per heavy atom. The van der Waals surface area contributed by atoms with Gasteiger partial charge in [-0.05, 0) is 41.8 Å². The van der Waals surface area contributed by atoms with Crippen molar-refractivity contribution in [3.63, 3.8) is 0 Å². The molecule has 0 spiro atoms. The van der Waals surface area contributed by atoms with Crippen molar-refractivity contribution in [2.75, 3.05) is 13.7 Å². The SMILES string of the molecule is CCOC(=O)CC(N)c1cc(OC)cc(-c2ccccc2)c1. The van der Waals surface area contributed by atoms with Gasteiger partial charge in [0.05, 0.1) is 20.1 Å². The molecular formula is C18H21NO3. The molecule has 0 aliphatic heterocycles. The van der Waals surface area contributed by atoms with Crippen LogP contribution >= 0.6 is 0 Å². The Morgan fingerprint density at radius 2 is 1.86 bits per heavy atom. The molecule has 22 heavy (non-hydrogen) atoms. The molecular weight excluding hydrogens is 278 g/mol. The maximum absolute atomic E-state index is 11.6. The first-order valence-corrected chi connectivity index (χ1v) is 7.29. The molecule has 4 nitrogen and oxygen atoms in total. The molecule has 2 rings (SSSR count). The first-order valence-electron chi connectivity index (χ1n) is 7.29. The minimum Gasteiger partial charge on any atom is -0.497 e. The highest BCUT2D eigenvalue weighted by Crippen LogP contribution is 2.29. The van der Waals surface area contributed by atoms with Crippen LogP contribution in [0, 0.1) is 0 Å². The summed E-state index contributed by atoms with van der Waals surface area (Å²) in [6.07, 6.45) is 0.148. The zero-order chi connectivity index (χ0) is 15.9. The van der Waals surface area contributed by atoms with Gasteiger partial charge in [-0.1, -0.05) is 30.3 Å². The Hall–Kier alpha value is -2.33. The standard InChI is InChI=1S/C18H21NO3/c1-3-22-18(20)12-17(19)15-9-14(10-16(11-15)21-2)13-7-5-4-6-8-13/h4-11,17H,3,12,19H2,1-2H3. The van der Waals surface area contributed by atoms with Gasteiger partial charge in [0, 0.05) is 6.04 Å². The molecule has 1 unspecified atom stereocenters. The third-order valence-corrected chi connectivity index (χ3v) is 3.39. The van der Waals surface area contributed by atoms with Crippen molar-refractivity contribution in [1.82, 2.24) is 0 Å². The van der Waals surface area contributed by atoms with E-state index in [1.165, 1.54) is 0 Å². The largest absolute Gasteiger partial charge is 0.497 e. The van der Waals surface area contributed by atoms with E-state index in [9.17, 15) is 4.79 Å². The Labute approximate surface area is 130 Å². The number of benzene rings is 2. The molecule has 0 bridgehead atoms. The van der Waals surface area contributed by atoms with E-state index in [4.69, 9.17) is 15.2 Å². The highest BCUT2D eigenvalue weighted by Gasteiger charge is 2.15. The molecule has 1 atom stereocenters. The number of hydrogen-bond donors (Lipinski definition) is 1. The van der Waals surface area contributed by atoms with Crippen molar-refractivity contribution in [1.29, 1.82) is 0 Å². The molecule has 0 amide bonds. The summed E-state index contributed by atoms with van der Waals surface area (Å²) in [5, 5.41) is 0. The second kappa shape index (κ2) is 7.61. The second-order valence-electron chi connectivity index (χ2n) is 4.98. The molecule has 116 valence electrons. The molecule has 0 saturated heterocycles. The third kappa shape index (κ3) is 4.09. The lowest BCUT2D eigenvalue weighted by Crippen LogP contribution is -2.17. The Morgan fingerprint density at radius 1 is 1.14 bits per heavy atom. The lowest BCUT2D eigenvalue weighted by molar-refractivity contribution is -0.143. The van der Waals surface area contributed by atoms with Crippen LogP contribution in [0.4, 0.5) is 0 Å². The fourth-order valence-corrected chi connectivity index (χ4v) is 2.27. The van der Waals surface area contributed by atoms with Gasteiger partial charge in [0.25, 0.3) is 0 Å². The van der Waals surface area contributed by atoms with E-state index in [-0.39, 0.29) is 12.4 Å². The van der Waals surface area contributed by atoms with E-state index >= 15 is 0 Å². The van der Waals surface area contributed by atoms with E-state index in [1.807, 2.05) is 48.5 Å². The number of nitrogens with two attached hydrogens (primary N) is 1. The van der Waals surface area contributed by atoms with Gasteiger partial charge in [-0.25, -0.2) is 0 Å². The van der Waals surface area contributed by atoms with Crippen LogP contribution in [0.15, 0.2) is 48.5 Å². The van der Waals surface area contributed by atoms with E-state index in [1.54, 1.807) is 14.0 Å². The molecule has 2 aromatic rings. The molecule has 2 aromatic carbocycles. The van der Waals surface area contributed by atoms with Crippen molar-refractivity contribution in [2.45, 2.75) is 19.4 Å². The number of methoxy groups -OCH3 is 1. The fraction of sp³-hybridized carbons (Fsp3) is 0.278. The number of carbonyl (C=O) groups is 1. The van der Waals surface area contributed by atoms with Crippen molar-refractivity contribution < 1.29 is 14.3 Å². The van der Waals surface area contributed by atoms with E-state index in [2.05, 4.69) is 0 Å². The minimum absolute atomic E-state index is 0.148. The van der Waals surface area contributed by atoms with Crippen LogP contribution in [-0.2, 0) is 9.53 Å². The number of carbonyl (C=O) groups excluding carboxylic acids is 1. The molecule has 0 heterocycles. The summed E-state index contributed by atoms with van der Waals surface area (Å²) in [6.45, 7) is 2.14.